The molecule has 0 saturated heterocycles. The maximum absolute atomic E-state index is 11.5. The van der Waals surface area contributed by atoms with E-state index >= 15 is 0 Å². The zero-order valence-electron chi connectivity index (χ0n) is 9.46. The fraction of sp³-hybridized carbons (Fsp3) is 0.545. The predicted octanol–water partition coefficient (Wildman–Crippen LogP) is 2.83. The molecule has 1 N–H and O–H groups in total. The first-order valence-electron chi connectivity index (χ1n) is 5.31. The molecule has 0 radical (unpaired) electrons. The maximum atomic E-state index is 11.5. The van der Waals surface area contributed by atoms with Crippen LogP contribution in [-0.2, 0) is 16.1 Å². The van der Waals surface area contributed by atoms with Gasteiger partial charge in [0.2, 0.25) is 0 Å². The van der Waals surface area contributed by atoms with Crippen molar-refractivity contribution in [3.05, 3.63) is 21.3 Å². The van der Waals surface area contributed by atoms with Gasteiger partial charge in [-0.15, -0.1) is 11.3 Å². The number of esters is 1. The summed E-state index contributed by atoms with van der Waals surface area (Å²) < 4.78 is 5.73. The van der Waals surface area contributed by atoms with Gasteiger partial charge in [-0.3, -0.25) is 10.1 Å². The standard InChI is InChI=1S/C11H16ClNO2S/c1-3-9(11(14)15-4-2)13-7-8-5-6-10(12)16-8/h5-6,9,13H,3-4,7H2,1-2H3. The minimum absolute atomic E-state index is 0.187. The van der Waals surface area contributed by atoms with E-state index in [4.69, 9.17) is 16.3 Å². The van der Waals surface area contributed by atoms with Gasteiger partial charge in [0.25, 0.3) is 0 Å². The summed E-state index contributed by atoms with van der Waals surface area (Å²) in [6, 6.07) is 3.58. The van der Waals surface area contributed by atoms with E-state index < -0.39 is 0 Å². The van der Waals surface area contributed by atoms with Gasteiger partial charge < -0.3 is 4.74 Å². The second-order valence-corrected chi connectivity index (χ2v) is 5.10. The summed E-state index contributed by atoms with van der Waals surface area (Å²) in [5, 5.41) is 3.16. The van der Waals surface area contributed by atoms with Gasteiger partial charge in [-0.1, -0.05) is 18.5 Å². The third kappa shape index (κ3) is 4.12. The van der Waals surface area contributed by atoms with Gasteiger partial charge in [0.15, 0.2) is 0 Å². The fourth-order valence-corrected chi connectivity index (χ4v) is 2.35. The number of hydrogen-bond donors (Lipinski definition) is 1. The quantitative estimate of drug-likeness (QED) is 0.801. The first kappa shape index (κ1) is 13.5. The SMILES string of the molecule is CCOC(=O)C(CC)NCc1ccc(Cl)s1. The summed E-state index contributed by atoms with van der Waals surface area (Å²) in [6.45, 7) is 4.83. The zero-order chi connectivity index (χ0) is 12.0. The maximum Gasteiger partial charge on any atom is 0.323 e. The summed E-state index contributed by atoms with van der Waals surface area (Å²) in [7, 11) is 0. The highest BCUT2D eigenvalue weighted by Crippen LogP contribution is 2.21. The number of carbonyl (C=O) groups is 1. The van der Waals surface area contributed by atoms with Crippen molar-refractivity contribution in [1.29, 1.82) is 0 Å². The molecule has 1 aromatic rings. The summed E-state index contributed by atoms with van der Waals surface area (Å²) in [6.07, 6.45) is 0.720. The molecule has 1 rings (SSSR count). The lowest BCUT2D eigenvalue weighted by Gasteiger charge is -2.14. The molecule has 90 valence electrons. The fourth-order valence-electron chi connectivity index (χ4n) is 1.31. The van der Waals surface area contributed by atoms with Crippen LogP contribution in [0.2, 0.25) is 4.34 Å². The molecular weight excluding hydrogens is 246 g/mol. The highest BCUT2D eigenvalue weighted by atomic mass is 35.5. The molecule has 0 aliphatic carbocycles. The van der Waals surface area contributed by atoms with Crippen molar-refractivity contribution in [3.8, 4) is 0 Å². The van der Waals surface area contributed by atoms with Crippen molar-refractivity contribution < 1.29 is 9.53 Å². The smallest absolute Gasteiger partial charge is 0.323 e. The molecule has 0 aliphatic rings. The van der Waals surface area contributed by atoms with Gasteiger partial charge in [0.05, 0.1) is 10.9 Å². The Hall–Kier alpha value is -0.580. The minimum Gasteiger partial charge on any atom is -0.465 e. The molecule has 16 heavy (non-hydrogen) atoms. The van der Waals surface area contributed by atoms with E-state index in [1.807, 2.05) is 26.0 Å². The second-order valence-electron chi connectivity index (χ2n) is 3.30. The van der Waals surface area contributed by atoms with E-state index in [2.05, 4.69) is 5.32 Å². The average molecular weight is 262 g/mol. The lowest BCUT2D eigenvalue weighted by Crippen LogP contribution is -2.36. The molecule has 0 bridgehead atoms. The van der Waals surface area contributed by atoms with Crippen LogP contribution in [0.3, 0.4) is 0 Å². The molecule has 0 fully saturated rings. The molecule has 0 saturated carbocycles. The molecule has 0 spiro atoms. The zero-order valence-corrected chi connectivity index (χ0v) is 11.0. The van der Waals surface area contributed by atoms with Crippen molar-refractivity contribution in [1.82, 2.24) is 5.32 Å². The topological polar surface area (TPSA) is 38.3 Å². The van der Waals surface area contributed by atoms with Crippen LogP contribution in [0.1, 0.15) is 25.1 Å². The number of ether oxygens (including phenoxy) is 1. The highest BCUT2D eigenvalue weighted by Gasteiger charge is 2.16. The molecular formula is C11H16ClNO2S. The molecule has 3 nitrogen and oxygen atoms in total. The van der Waals surface area contributed by atoms with E-state index in [0.717, 1.165) is 15.6 Å². The Balaban J connectivity index is 2.42. The van der Waals surface area contributed by atoms with Gasteiger partial charge >= 0.3 is 5.97 Å². The van der Waals surface area contributed by atoms with Crippen LogP contribution in [0, 0.1) is 0 Å². The van der Waals surface area contributed by atoms with Crippen LogP contribution >= 0.6 is 22.9 Å². The Kier molecular flexibility index (Phi) is 5.80. The van der Waals surface area contributed by atoms with Crippen LogP contribution in [0.4, 0.5) is 0 Å². The third-order valence-electron chi connectivity index (χ3n) is 2.13. The molecule has 5 heteroatoms. The number of halogens is 1. The van der Waals surface area contributed by atoms with E-state index in [1.165, 1.54) is 11.3 Å². The molecule has 1 heterocycles. The summed E-state index contributed by atoms with van der Waals surface area (Å²) >= 11 is 7.34. The number of rotatable bonds is 6. The second kappa shape index (κ2) is 6.89. The Morgan fingerprint density at radius 1 is 1.56 bits per heavy atom. The van der Waals surface area contributed by atoms with Gasteiger partial charge in [0.1, 0.15) is 6.04 Å². The van der Waals surface area contributed by atoms with Crippen molar-refractivity contribution in [2.75, 3.05) is 6.61 Å². The van der Waals surface area contributed by atoms with Crippen molar-refractivity contribution in [3.63, 3.8) is 0 Å². The lowest BCUT2D eigenvalue weighted by molar-refractivity contribution is -0.145. The molecule has 0 aliphatic heterocycles. The third-order valence-corrected chi connectivity index (χ3v) is 3.36. The van der Waals surface area contributed by atoms with E-state index in [0.29, 0.717) is 13.2 Å². The minimum atomic E-state index is -0.235. The van der Waals surface area contributed by atoms with Crippen LogP contribution in [0.25, 0.3) is 0 Å². The molecule has 1 unspecified atom stereocenters. The first-order valence-corrected chi connectivity index (χ1v) is 6.51. The Morgan fingerprint density at radius 3 is 2.81 bits per heavy atom. The van der Waals surface area contributed by atoms with Gasteiger partial charge in [0, 0.05) is 11.4 Å². The van der Waals surface area contributed by atoms with Crippen molar-refractivity contribution >= 4 is 28.9 Å². The average Bonchev–Trinajstić information content (AvgIpc) is 2.65. The first-order chi connectivity index (χ1) is 7.67. The van der Waals surface area contributed by atoms with E-state index in [1.54, 1.807) is 0 Å². The van der Waals surface area contributed by atoms with Gasteiger partial charge in [-0.05, 0) is 25.5 Å². The monoisotopic (exact) mass is 261 g/mol. The van der Waals surface area contributed by atoms with Crippen LogP contribution < -0.4 is 5.32 Å². The van der Waals surface area contributed by atoms with Gasteiger partial charge in [-0.2, -0.15) is 0 Å². The Labute approximate surface area is 105 Å². The largest absolute Gasteiger partial charge is 0.465 e. The molecule has 0 aromatic carbocycles. The number of nitrogens with one attached hydrogen (secondary N) is 1. The summed E-state index contributed by atoms with van der Waals surface area (Å²) in [5.74, 6) is -0.187. The molecule has 1 atom stereocenters. The lowest BCUT2D eigenvalue weighted by atomic mass is 10.2. The molecule has 0 amide bonds. The van der Waals surface area contributed by atoms with Gasteiger partial charge in [-0.25, -0.2) is 0 Å². The Bertz CT molecular complexity index is 340. The number of hydrogen-bond acceptors (Lipinski definition) is 4. The summed E-state index contributed by atoms with van der Waals surface area (Å²) in [5.41, 5.74) is 0. The van der Waals surface area contributed by atoms with E-state index in [-0.39, 0.29) is 12.0 Å². The van der Waals surface area contributed by atoms with Crippen molar-refractivity contribution in [2.45, 2.75) is 32.9 Å². The predicted molar refractivity (Wildman–Crippen MR) is 66.9 cm³/mol. The van der Waals surface area contributed by atoms with Crippen LogP contribution in [0.15, 0.2) is 12.1 Å². The van der Waals surface area contributed by atoms with Crippen LogP contribution in [-0.4, -0.2) is 18.6 Å². The van der Waals surface area contributed by atoms with Crippen LogP contribution in [0.5, 0.6) is 0 Å². The Morgan fingerprint density at radius 2 is 2.31 bits per heavy atom. The number of thiophene rings is 1. The summed E-state index contributed by atoms with van der Waals surface area (Å²) in [4.78, 5) is 12.6. The van der Waals surface area contributed by atoms with E-state index in [9.17, 15) is 4.79 Å². The normalized spacial score (nSPS) is 12.4. The molecule has 1 aromatic heterocycles. The van der Waals surface area contributed by atoms with Crippen molar-refractivity contribution in [2.24, 2.45) is 0 Å². The number of carbonyl (C=O) groups excluding carboxylic acids is 1. The highest BCUT2D eigenvalue weighted by molar-refractivity contribution is 7.16.